The van der Waals surface area contributed by atoms with E-state index in [9.17, 15) is 13.2 Å². The third kappa shape index (κ3) is 5.02. The number of ether oxygens (including phenoxy) is 2. The summed E-state index contributed by atoms with van der Waals surface area (Å²) in [6.45, 7) is 6.00. The van der Waals surface area contributed by atoms with Gasteiger partial charge in [-0.05, 0) is 43.3 Å². The molecular formula is C20H26N2O5S. The summed E-state index contributed by atoms with van der Waals surface area (Å²) in [7, 11) is -2.00. The fourth-order valence-corrected chi connectivity index (χ4v) is 4.08. The van der Waals surface area contributed by atoms with Crippen molar-refractivity contribution in [3.63, 3.8) is 0 Å². The molecule has 2 rings (SSSR count). The first-order chi connectivity index (χ1) is 13.3. The number of carbonyl (C=O) groups excluding carboxylic acids is 1. The van der Waals surface area contributed by atoms with Gasteiger partial charge < -0.3 is 14.8 Å². The van der Waals surface area contributed by atoms with Crippen molar-refractivity contribution in [3.05, 3.63) is 48.5 Å². The van der Waals surface area contributed by atoms with Crippen LogP contribution in [0, 0.1) is 0 Å². The van der Waals surface area contributed by atoms with E-state index in [4.69, 9.17) is 9.47 Å². The first kappa shape index (κ1) is 21.7. The minimum atomic E-state index is -3.53. The van der Waals surface area contributed by atoms with Crippen LogP contribution in [0.2, 0.25) is 0 Å². The molecule has 0 saturated carbocycles. The molecule has 2 aromatic carbocycles. The zero-order chi connectivity index (χ0) is 20.7. The van der Waals surface area contributed by atoms with Crippen molar-refractivity contribution in [2.24, 2.45) is 0 Å². The van der Waals surface area contributed by atoms with E-state index in [1.807, 2.05) is 6.07 Å². The molecule has 0 spiro atoms. The number of hydrogen-bond acceptors (Lipinski definition) is 5. The van der Waals surface area contributed by atoms with E-state index in [1.54, 1.807) is 51.1 Å². The predicted molar refractivity (Wildman–Crippen MR) is 108 cm³/mol. The average molecular weight is 407 g/mol. The summed E-state index contributed by atoms with van der Waals surface area (Å²) >= 11 is 0. The Bertz CT molecular complexity index is 893. The average Bonchev–Trinajstić information content (AvgIpc) is 2.69. The van der Waals surface area contributed by atoms with Gasteiger partial charge in [0.1, 0.15) is 0 Å². The molecule has 2 aromatic rings. The van der Waals surface area contributed by atoms with Gasteiger partial charge >= 0.3 is 0 Å². The van der Waals surface area contributed by atoms with Gasteiger partial charge in [-0.1, -0.05) is 26.0 Å². The van der Waals surface area contributed by atoms with E-state index >= 15 is 0 Å². The number of rotatable bonds is 9. The van der Waals surface area contributed by atoms with E-state index in [2.05, 4.69) is 5.32 Å². The van der Waals surface area contributed by atoms with Crippen molar-refractivity contribution in [1.29, 1.82) is 0 Å². The highest BCUT2D eigenvalue weighted by atomic mass is 32.2. The Balaban J connectivity index is 2.06. The second-order valence-corrected chi connectivity index (χ2v) is 7.95. The molecule has 0 fully saturated rings. The number of amides is 1. The van der Waals surface area contributed by atoms with Crippen LogP contribution in [-0.4, -0.2) is 44.9 Å². The van der Waals surface area contributed by atoms with Crippen molar-refractivity contribution >= 4 is 21.6 Å². The summed E-state index contributed by atoms with van der Waals surface area (Å²) in [6.07, 6.45) is -0.768. The number of para-hydroxylation sites is 2. The molecule has 152 valence electrons. The van der Waals surface area contributed by atoms with Gasteiger partial charge in [0.2, 0.25) is 10.0 Å². The van der Waals surface area contributed by atoms with E-state index in [1.165, 1.54) is 23.5 Å². The van der Waals surface area contributed by atoms with Crippen molar-refractivity contribution < 1.29 is 22.7 Å². The van der Waals surface area contributed by atoms with Crippen LogP contribution in [0.5, 0.6) is 11.5 Å². The second kappa shape index (κ2) is 9.57. The first-order valence-corrected chi connectivity index (χ1v) is 10.5. The highest BCUT2D eigenvalue weighted by molar-refractivity contribution is 7.89. The smallest absolute Gasteiger partial charge is 0.265 e. The van der Waals surface area contributed by atoms with E-state index in [0.717, 1.165) is 0 Å². The molecule has 8 heteroatoms. The SMILES string of the molecule is CCN(CC)S(=O)(=O)c1ccc(NC(=O)C(C)Oc2ccccc2OC)cc1. The summed E-state index contributed by atoms with van der Waals surface area (Å²) in [5, 5.41) is 2.72. The van der Waals surface area contributed by atoms with Gasteiger partial charge in [0.05, 0.1) is 12.0 Å². The van der Waals surface area contributed by atoms with E-state index in [0.29, 0.717) is 30.3 Å². The second-order valence-electron chi connectivity index (χ2n) is 6.01. The van der Waals surface area contributed by atoms with Gasteiger partial charge in [0.25, 0.3) is 5.91 Å². The molecule has 1 N–H and O–H groups in total. The Hall–Kier alpha value is -2.58. The molecule has 0 heterocycles. The standard InChI is InChI=1S/C20H26N2O5S/c1-5-22(6-2)28(24,25)17-13-11-16(12-14-17)21-20(23)15(3)27-19-10-8-7-9-18(19)26-4/h7-15H,5-6H2,1-4H3,(H,21,23). The van der Waals surface area contributed by atoms with Crippen molar-refractivity contribution in [1.82, 2.24) is 4.31 Å². The Morgan fingerprint density at radius 2 is 1.61 bits per heavy atom. The lowest BCUT2D eigenvalue weighted by Gasteiger charge is -2.19. The summed E-state index contributed by atoms with van der Waals surface area (Å²) in [5.74, 6) is 0.645. The molecular weight excluding hydrogens is 380 g/mol. The molecule has 0 aliphatic rings. The van der Waals surface area contributed by atoms with E-state index < -0.39 is 16.1 Å². The van der Waals surface area contributed by atoms with Crippen LogP contribution in [0.4, 0.5) is 5.69 Å². The summed E-state index contributed by atoms with van der Waals surface area (Å²) < 4.78 is 37.3. The Labute approximate surface area is 166 Å². The molecule has 7 nitrogen and oxygen atoms in total. The zero-order valence-electron chi connectivity index (χ0n) is 16.5. The Morgan fingerprint density at radius 1 is 1.04 bits per heavy atom. The predicted octanol–water partition coefficient (Wildman–Crippen LogP) is 3.13. The van der Waals surface area contributed by atoms with Crippen molar-refractivity contribution in [2.75, 3.05) is 25.5 Å². The maximum absolute atomic E-state index is 12.5. The minimum Gasteiger partial charge on any atom is -0.493 e. The quantitative estimate of drug-likeness (QED) is 0.692. The molecule has 0 aliphatic carbocycles. The number of methoxy groups -OCH3 is 1. The van der Waals surface area contributed by atoms with Crippen LogP contribution in [0.25, 0.3) is 0 Å². The van der Waals surface area contributed by atoms with Crippen LogP contribution in [0.3, 0.4) is 0 Å². The van der Waals surface area contributed by atoms with Crippen molar-refractivity contribution in [2.45, 2.75) is 31.8 Å². The number of benzene rings is 2. The summed E-state index contributed by atoms with van der Waals surface area (Å²) in [4.78, 5) is 12.6. The van der Waals surface area contributed by atoms with Gasteiger partial charge in [-0.3, -0.25) is 4.79 Å². The van der Waals surface area contributed by atoms with Gasteiger partial charge in [0, 0.05) is 18.8 Å². The number of anilines is 1. The van der Waals surface area contributed by atoms with Gasteiger partial charge in [0.15, 0.2) is 17.6 Å². The van der Waals surface area contributed by atoms with Crippen molar-refractivity contribution in [3.8, 4) is 11.5 Å². The number of sulfonamides is 1. The highest BCUT2D eigenvalue weighted by Crippen LogP contribution is 2.27. The molecule has 1 atom stereocenters. The third-order valence-electron chi connectivity index (χ3n) is 4.21. The molecule has 0 radical (unpaired) electrons. The number of nitrogens with zero attached hydrogens (tertiary/aromatic N) is 1. The number of nitrogens with one attached hydrogen (secondary N) is 1. The minimum absolute atomic E-state index is 0.188. The van der Waals surface area contributed by atoms with E-state index in [-0.39, 0.29) is 10.8 Å². The highest BCUT2D eigenvalue weighted by Gasteiger charge is 2.22. The lowest BCUT2D eigenvalue weighted by atomic mass is 10.3. The lowest BCUT2D eigenvalue weighted by molar-refractivity contribution is -0.122. The molecule has 1 amide bonds. The maximum atomic E-state index is 12.5. The maximum Gasteiger partial charge on any atom is 0.265 e. The van der Waals surface area contributed by atoms with Gasteiger partial charge in [-0.25, -0.2) is 8.42 Å². The first-order valence-electron chi connectivity index (χ1n) is 9.04. The van der Waals surface area contributed by atoms with Crippen LogP contribution < -0.4 is 14.8 Å². The molecule has 0 aromatic heterocycles. The molecule has 1 unspecified atom stereocenters. The Morgan fingerprint density at radius 3 is 2.14 bits per heavy atom. The fourth-order valence-electron chi connectivity index (χ4n) is 2.63. The number of carbonyl (C=O) groups is 1. The summed E-state index contributed by atoms with van der Waals surface area (Å²) in [5.41, 5.74) is 0.485. The monoisotopic (exact) mass is 406 g/mol. The molecule has 0 bridgehead atoms. The molecule has 28 heavy (non-hydrogen) atoms. The van der Waals surface area contributed by atoms with Crippen LogP contribution in [0.15, 0.2) is 53.4 Å². The van der Waals surface area contributed by atoms with Crippen LogP contribution >= 0.6 is 0 Å². The largest absolute Gasteiger partial charge is 0.493 e. The fraction of sp³-hybridized carbons (Fsp3) is 0.350. The third-order valence-corrected chi connectivity index (χ3v) is 6.27. The number of hydrogen-bond donors (Lipinski definition) is 1. The topological polar surface area (TPSA) is 84.9 Å². The Kier molecular flexibility index (Phi) is 7.42. The van der Waals surface area contributed by atoms with Crippen LogP contribution in [-0.2, 0) is 14.8 Å². The molecule has 0 aliphatic heterocycles. The normalized spacial score (nSPS) is 12.5. The lowest BCUT2D eigenvalue weighted by Crippen LogP contribution is -2.31. The van der Waals surface area contributed by atoms with Gasteiger partial charge in [-0.15, -0.1) is 0 Å². The van der Waals surface area contributed by atoms with Gasteiger partial charge in [-0.2, -0.15) is 4.31 Å². The molecule has 0 saturated heterocycles. The zero-order valence-corrected chi connectivity index (χ0v) is 17.3. The summed E-state index contributed by atoms with van der Waals surface area (Å²) in [6, 6.07) is 13.1. The van der Waals surface area contributed by atoms with Crippen LogP contribution in [0.1, 0.15) is 20.8 Å².